The van der Waals surface area contributed by atoms with E-state index in [2.05, 4.69) is 59.6 Å². The third-order valence-corrected chi connectivity index (χ3v) is 9.62. The van der Waals surface area contributed by atoms with Crippen molar-refractivity contribution in [2.75, 3.05) is 0 Å². The first-order chi connectivity index (χ1) is 24.2. The summed E-state index contributed by atoms with van der Waals surface area (Å²) in [5, 5.41) is 0. The second-order valence-electron chi connectivity index (χ2n) is 12.7. The highest BCUT2D eigenvalue weighted by atomic mass is 79.9. The number of hydrogen-bond acceptors (Lipinski definition) is 6. The van der Waals surface area contributed by atoms with Gasteiger partial charge in [-0.15, -0.1) is 0 Å². The van der Waals surface area contributed by atoms with Gasteiger partial charge in [-0.1, -0.05) is 76.6 Å². The molecule has 2 atom stereocenters. The maximum Gasteiger partial charge on any atom is 0.343 e. The topological polar surface area (TPSA) is 71.1 Å². The zero-order valence-corrected chi connectivity index (χ0v) is 32.7. The van der Waals surface area contributed by atoms with Gasteiger partial charge in [0.25, 0.3) is 0 Å². The van der Waals surface area contributed by atoms with E-state index in [1.807, 2.05) is 24.3 Å². The van der Waals surface area contributed by atoms with Gasteiger partial charge >= 0.3 is 11.9 Å². The fourth-order valence-corrected chi connectivity index (χ4v) is 6.42. The summed E-state index contributed by atoms with van der Waals surface area (Å²) in [5.41, 5.74) is 2.70. The molecule has 50 heavy (non-hydrogen) atoms. The Kier molecular flexibility index (Phi) is 15.9. The molecule has 4 rings (SSSR count). The average molecular weight is 809 g/mol. The molecule has 0 saturated carbocycles. The van der Waals surface area contributed by atoms with Gasteiger partial charge in [0.2, 0.25) is 0 Å². The summed E-state index contributed by atoms with van der Waals surface area (Å²) in [6, 6.07) is 25.0. The predicted octanol–water partition coefficient (Wildman–Crippen LogP) is 12.8. The molecular formula is C42H48Br2O6. The first-order valence-electron chi connectivity index (χ1n) is 17.7. The number of esters is 2. The maximum atomic E-state index is 12.9. The summed E-state index contributed by atoms with van der Waals surface area (Å²) >= 11 is 7.09. The number of ether oxygens (including phenoxy) is 4. The molecule has 266 valence electrons. The molecule has 0 amide bonds. The van der Waals surface area contributed by atoms with Crippen LogP contribution in [0.1, 0.15) is 113 Å². The van der Waals surface area contributed by atoms with Crippen LogP contribution in [0.4, 0.5) is 0 Å². The molecule has 0 saturated heterocycles. The zero-order valence-electron chi connectivity index (χ0n) is 29.5. The highest BCUT2D eigenvalue weighted by molar-refractivity contribution is 9.11. The van der Waals surface area contributed by atoms with Crippen LogP contribution >= 0.6 is 31.9 Å². The van der Waals surface area contributed by atoms with Gasteiger partial charge in [-0.2, -0.15) is 0 Å². The van der Waals surface area contributed by atoms with Crippen molar-refractivity contribution >= 4 is 43.8 Å². The van der Waals surface area contributed by atoms with Gasteiger partial charge in [0.15, 0.2) is 0 Å². The highest BCUT2D eigenvalue weighted by Crippen LogP contribution is 2.31. The minimum Gasteiger partial charge on any atom is -0.490 e. The van der Waals surface area contributed by atoms with Crippen LogP contribution < -0.4 is 18.9 Å². The Balaban J connectivity index is 1.27. The second kappa shape index (κ2) is 20.3. The molecule has 0 aliphatic heterocycles. The van der Waals surface area contributed by atoms with E-state index in [0.29, 0.717) is 43.1 Å². The molecule has 2 unspecified atom stereocenters. The SMILES string of the molecule is CCCCCCC(C)Oc1ccc(C(=O)Oc2ccc(-c3ccc(OC(=O)c4ccc(OC(C)CCCCCC)c(Br)c4)cc3)cc2)cc1Br. The fraction of sp³-hybridized carbons (Fsp3) is 0.381. The molecule has 8 heteroatoms. The fourth-order valence-electron chi connectivity index (χ4n) is 5.48. The van der Waals surface area contributed by atoms with Crippen LogP contribution in [0, 0.1) is 0 Å². The van der Waals surface area contributed by atoms with E-state index in [0.717, 1.165) is 36.8 Å². The van der Waals surface area contributed by atoms with Crippen molar-refractivity contribution in [1.82, 2.24) is 0 Å². The van der Waals surface area contributed by atoms with E-state index in [1.165, 1.54) is 38.5 Å². The predicted molar refractivity (Wildman–Crippen MR) is 208 cm³/mol. The first-order valence-corrected chi connectivity index (χ1v) is 19.3. The van der Waals surface area contributed by atoms with E-state index in [9.17, 15) is 9.59 Å². The number of unbranched alkanes of at least 4 members (excludes halogenated alkanes) is 6. The molecule has 4 aromatic carbocycles. The lowest BCUT2D eigenvalue weighted by molar-refractivity contribution is 0.0725. The number of hydrogen-bond donors (Lipinski definition) is 0. The number of carbonyl (C=O) groups excluding carboxylic acids is 2. The van der Waals surface area contributed by atoms with Crippen LogP contribution in [0.25, 0.3) is 11.1 Å². The smallest absolute Gasteiger partial charge is 0.343 e. The Bertz CT molecular complexity index is 1540. The molecule has 0 N–H and O–H groups in total. The normalized spacial score (nSPS) is 12.2. The number of carbonyl (C=O) groups is 2. The largest absolute Gasteiger partial charge is 0.490 e. The van der Waals surface area contributed by atoms with E-state index in [4.69, 9.17) is 18.9 Å². The van der Waals surface area contributed by atoms with Gasteiger partial charge < -0.3 is 18.9 Å². The summed E-state index contributed by atoms with van der Waals surface area (Å²) in [4.78, 5) is 25.8. The van der Waals surface area contributed by atoms with Crippen molar-refractivity contribution in [3.05, 3.63) is 105 Å². The van der Waals surface area contributed by atoms with Crippen molar-refractivity contribution in [2.24, 2.45) is 0 Å². The molecule has 0 aliphatic carbocycles. The zero-order chi connectivity index (χ0) is 35.9. The lowest BCUT2D eigenvalue weighted by Crippen LogP contribution is -2.13. The quantitative estimate of drug-likeness (QED) is 0.0534. The average Bonchev–Trinajstić information content (AvgIpc) is 3.11. The van der Waals surface area contributed by atoms with Gasteiger partial charge in [-0.05, 0) is 143 Å². The summed E-state index contributed by atoms with van der Waals surface area (Å²) in [7, 11) is 0. The molecule has 0 heterocycles. The molecule has 0 aliphatic rings. The summed E-state index contributed by atoms with van der Waals surface area (Å²) in [5.74, 6) is 1.38. The Morgan fingerprint density at radius 3 is 1.26 bits per heavy atom. The van der Waals surface area contributed by atoms with Crippen molar-refractivity contribution < 1.29 is 28.5 Å². The van der Waals surface area contributed by atoms with Crippen molar-refractivity contribution in [3.8, 4) is 34.1 Å². The summed E-state index contributed by atoms with van der Waals surface area (Å²) in [6.07, 6.45) is 11.8. The van der Waals surface area contributed by atoms with Crippen LogP contribution in [-0.2, 0) is 0 Å². The van der Waals surface area contributed by atoms with Crippen LogP contribution in [0.15, 0.2) is 93.9 Å². The summed E-state index contributed by atoms with van der Waals surface area (Å²) < 4.78 is 24.9. The van der Waals surface area contributed by atoms with Crippen molar-refractivity contribution in [1.29, 1.82) is 0 Å². The molecule has 0 fully saturated rings. The van der Waals surface area contributed by atoms with Crippen LogP contribution in [0.5, 0.6) is 23.0 Å². The molecule has 0 aromatic heterocycles. The molecular weight excluding hydrogens is 760 g/mol. The Labute approximate surface area is 314 Å². The van der Waals surface area contributed by atoms with Gasteiger partial charge in [0.1, 0.15) is 23.0 Å². The molecule has 4 aromatic rings. The lowest BCUT2D eigenvalue weighted by Gasteiger charge is -2.16. The molecule has 0 radical (unpaired) electrons. The van der Waals surface area contributed by atoms with Crippen LogP contribution in [0.2, 0.25) is 0 Å². The van der Waals surface area contributed by atoms with E-state index < -0.39 is 11.9 Å². The molecule has 0 spiro atoms. The maximum absolute atomic E-state index is 12.9. The van der Waals surface area contributed by atoms with Crippen molar-refractivity contribution in [2.45, 2.75) is 104 Å². The highest BCUT2D eigenvalue weighted by Gasteiger charge is 2.16. The third kappa shape index (κ3) is 12.3. The van der Waals surface area contributed by atoms with Crippen LogP contribution in [-0.4, -0.2) is 24.1 Å². The van der Waals surface area contributed by atoms with Crippen LogP contribution in [0.3, 0.4) is 0 Å². The number of halogens is 2. The number of benzene rings is 4. The van der Waals surface area contributed by atoms with Crippen molar-refractivity contribution in [3.63, 3.8) is 0 Å². The van der Waals surface area contributed by atoms with Gasteiger partial charge in [0.05, 0.1) is 32.3 Å². The molecule has 0 bridgehead atoms. The van der Waals surface area contributed by atoms with Gasteiger partial charge in [-0.3, -0.25) is 0 Å². The lowest BCUT2D eigenvalue weighted by atomic mass is 10.1. The Hall–Kier alpha value is -3.62. The van der Waals surface area contributed by atoms with Gasteiger partial charge in [-0.25, -0.2) is 9.59 Å². The first kappa shape index (κ1) is 39.2. The van der Waals surface area contributed by atoms with E-state index in [1.54, 1.807) is 60.7 Å². The Morgan fingerprint density at radius 2 is 0.920 bits per heavy atom. The Morgan fingerprint density at radius 1 is 0.540 bits per heavy atom. The second-order valence-corrected chi connectivity index (χ2v) is 14.4. The standard InChI is InChI=1S/C42H48Br2O6/c1-5-7-9-11-13-29(3)47-39-25-19-33(27-37(39)43)41(45)49-35-21-15-31(16-22-35)32-17-23-36(24-18-32)50-42(46)34-20-26-40(38(44)28-34)48-30(4)14-12-10-8-6-2/h15-30H,5-14H2,1-4H3. The number of rotatable bonds is 19. The van der Waals surface area contributed by atoms with E-state index >= 15 is 0 Å². The minimum atomic E-state index is -0.453. The third-order valence-electron chi connectivity index (χ3n) is 8.38. The monoisotopic (exact) mass is 806 g/mol. The van der Waals surface area contributed by atoms with Gasteiger partial charge in [0, 0.05) is 0 Å². The minimum absolute atomic E-state index is 0.0933. The summed E-state index contributed by atoms with van der Waals surface area (Å²) in [6.45, 7) is 8.55. The molecule has 6 nitrogen and oxygen atoms in total. The van der Waals surface area contributed by atoms with E-state index in [-0.39, 0.29) is 12.2 Å².